The monoisotopic (exact) mass is 350 g/mol. The van der Waals surface area contributed by atoms with E-state index in [1.54, 1.807) is 35.3 Å². The van der Waals surface area contributed by atoms with Gasteiger partial charge in [0.2, 0.25) is 0 Å². The highest BCUT2D eigenvalue weighted by atomic mass is 16.5. The van der Waals surface area contributed by atoms with Crippen molar-refractivity contribution in [3.63, 3.8) is 0 Å². The van der Waals surface area contributed by atoms with Crippen LogP contribution >= 0.6 is 0 Å². The van der Waals surface area contributed by atoms with Crippen LogP contribution in [0.3, 0.4) is 0 Å². The molecule has 1 atom stereocenters. The van der Waals surface area contributed by atoms with Gasteiger partial charge in [-0.1, -0.05) is 30.3 Å². The summed E-state index contributed by atoms with van der Waals surface area (Å²) in [6.07, 6.45) is 3.36. The van der Waals surface area contributed by atoms with Gasteiger partial charge in [0, 0.05) is 12.0 Å². The van der Waals surface area contributed by atoms with Gasteiger partial charge in [0.15, 0.2) is 0 Å². The van der Waals surface area contributed by atoms with Crippen LogP contribution in [0.2, 0.25) is 0 Å². The summed E-state index contributed by atoms with van der Waals surface area (Å²) in [5.41, 5.74) is 2.16. The lowest BCUT2D eigenvalue weighted by molar-refractivity contribution is -0.142. The first-order valence-corrected chi connectivity index (χ1v) is 8.05. The maximum atomic E-state index is 12.5. The fourth-order valence-electron chi connectivity index (χ4n) is 2.53. The number of hydrogen-bond donors (Lipinski definition) is 1. The van der Waals surface area contributed by atoms with E-state index in [9.17, 15) is 9.59 Å². The zero-order chi connectivity index (χ0) is 18.4. The molecule has 3 rings (SSSR count). The van der Waals surface area contributed by atoms with E-state index in [0.717, 1.165) is 11.3 Å². The highest BCUT2D eigenvalue weighted by Gasteiger charge is 2.22. The van der Waals surface area contributed by atoms with Gasteiger partial charge in [-0.3, -0.25) is 4.79 Å². The highest BCUT2D eigenvalue weighted by molar-refractivity contribution is 5.97. The highest BCUT2D eigenvalue weighted by Crippen LogP contribution is 2.10. The fraction of sp³-hybridized carbons (Fsp3) is 0.158. The standard InChI is InChI=1S/C19H18N4O3/c1-26-19(25)17(11-14-5-3-2-4-6-14)22-18(24)15-7-9-16(10-8-15)23-13-20-12-21-23/h2-10,12-13,17H,11H2,1H3,(H,22,24)/t17-/m0/s1. The van der Waals surface area contributed by atoms with Crippen LogP contribution in [0.4, 0.5) is 0 Å². The summed E-state index contributed by atoms with van der Waals surface area (Å²) < 4.78 is 6.41. The molecule has 0 aliphatic heterocycles. The molecule has 1 heterocycles. The molecular formula is C19H18N4O3. The maximum Gasteiger partial charge on any atom is 0.328 e. The molecule has 0 saturated carbocycles. The van der Waals surface area contributed by atoms with Crippen molar-refractivity contribution >= 4 is 11.9 Å². The molecule has 3 aromatic rings. The minimum absolute atomic E-state index is 0.346. The maximum absolute atomic E-state index is 12.5. The van der Waals surface area contributed by atoms with E-state index < -0.39 is 12.0 Å². The van der Waals surface area contributed by atoms with Crippen LogP contribution in [0.15, 0.2) is 67.3 Å². The number of amides is 1. The number of ether oxygens (including phenoxy) is 1. The van der Waals surface area contributed by atoms with Crippen molar-refractivity contribution in [2.75, 3.05) is 7.11 Å². The SMILES string of the molecule is COC(=O)[C@H](Cc1ccccc1)NC(=O)c1ccc(-n2cncn2)cc1. The van der Waals surface area contributed by atoms with Gasteiger partial charge < -0.3 is 10.1 Å². The molecule has 1 amide bonds. The number of benzene rings is 2. The van der Waals surface area contributed by atoms with E-state index in [2.05, 4.69) is 15.4 Å². The number of nitrogens with zero attached hydrogens (tertiary/aromatic N) is 3. The van der Waals surface area contributed by atoms with E-state index in [1.807, 2.05) is 30.3 Å². The smallest absolute Gasteiger partial charge is 0.328 e. The number of rotatable bonds is 6. The van der Waals surface area contributed by atoms with Gasteiger partial charge in [0.25, 0.3) is 5.91 Å². The quantitative estimate of drug-likeness (QED) is 0.685. The Hall–Kier alpha value is -3.48. The van der Waals surface area contributed by atoms with Crippen LogP contribution in [0.5, 0.6) is 0 Å². The van der Waals surface area contributed by atoms with E-state index in [0.29, 0.717) is 12.0 Å². The van der Waals surface area contributed by atoms with Crippen LogP contribution in [-0.4, -0.2) is 39.8 Å². The molecule has 0 saturated heterocycles. The Kier molecular flexibility index (Phi) is 5.38. The largest absolute Gasteiger partial charge is 0.467 e. The predicted octanol–water partition coefficient (Wildman–Crippen LogP) is 1.78. The van der Waals surface area contributed by atoms with Crippen molar-refractivity contribution in [3.8, 4) is 5.69 Å². The van der Waals surface area contributed by atoms with Crippen molar-refractivity contribution in [1.82, 2.24) is 20.1 Å². The van der Waals surface area contributed by atoms with Crippen molar-refractivity contribution in [3.05, 3.63) is 78.4 Å². The number of carbonyl (C=O) groups excluding carboxylic acids is 2. The molecule has 1 N–H and O–H groups in total. The summed E-state index contributed by atoms with van der Waals surface area (Å²) in [6.45, 7) is 0. The molecule has 7 heteroatoms. The fourth-order valence-corrected chi connectivity index (χ4v) is 2.53. The topological polar surface area (TPSA) is 86.1 Å². The molecule has 0 fully saturated rings. The molecule has 0 unspecified atom stereocenters. The summed E-state index contributed by atoms with van der Waals surface area (Å²) in [4.78, 5) is 28.4. The van der Waals surface area contributed by atoms with Gasteiger partial charge in [-0.25, -0.2) is 14.5 Å². The normalized spacial score (nSPS) is 11.6. The summed E-state index contributed by atoms with van der Waals surface area (Å²) in [5.74, 6) is -0.831. The molecule has 0 radical (unpaired) electrons. The van der Waals surface area contributed by atoms with Crippen molar-refractivity contribution in [2.45, 2.75) is 12.5 Å². The van der Waals surface area contributed by atoms with Gasteiger partial charge in [-0.2, -0.15) is 5.10 Å². The van der Waals surface area contributed by atoms with Crippen molar-refractivity contribution in [2.24, 2.45) is 0 Å². The lowest BCUT2D eigenvalue weighted by Gasteiger charge is -2.17. The molecule has 7 nitrogen and oxygen atoms in total. The summed E-state index contributed by atoms with van der Waals surface area (Å²) >= 11 is 0. The lowest BCUT2D eigenvalue weighted by atomic mass is 10.1. The molecule has 132 valence electrons. The molecular weight excluding hydrogens is 332 g/mol. The van der Waals surface area contributed by atoms with E-state index in [-0.39, 0.29) is 5.91 Å². The number of nitrogens with one attached hydrogen (secondary N) is 1. The molecule has 1 aromatic heterocycles. The minimum atomic E-state index is -0.759. The Bertz CT molecular complexity index is 862. The van der Waals surface area contributed by atoms with Gasteiger partial charge in [-0.15, -0.1) is 0 Å². The van der Waals surface area contributed by atoms with E-state index in [1.165, 1.54) is 13.4 Å². The van der Waals surface area contributed by atoms with Crippen LogP contribution in [0, 0.1) is 0 Å². The average molecular weight is 350 g/mol. The zero-order valence-corrected chi connectivity index (χ0v) is 14.2. The molecule has 2 aromatic carbocycles. The predicted molar refractivity (Wildman–Crippen MR) is 94.8 cm³/mol. The average Bonchev–Trinajstić information content (AvgIpc) is 3.22. The third-order valence-corrected chi connectivity index (χ3v) is 3.89. The van der Waals surface area contributed by atoms with Crippen LogP contribution in [0.1, 0.15) is 15.9 Å². The number of methoxy groups -OCH3 is 1. The number of hydrogen-bond acceptors (Lipinski definition) is 5. The lowest BCUT2D eigenvalue weighted by Crippen LogP contribution is -2.43. The molecule has 0 aliphatic rings. The van der Waals surface area contributed by atoms with Gasteiger partial charge >= 0.3 is 5.97 Å². The van der Waals surface area contributed by atoms with Gasteiger partial charge in [-0.05, 0) is 29.8 Å². The third kappa shape index (κ3) is 4.13. The second-order valence-electron chi connectivity index (χ2n) is 5.63. The first-order chi connectivity index (χ1) is 12.7. The Balaban J connectivity index is 1.71. The van der Waals surface area contributed by atoms with Gasteiger partial charge in [0.05, 0.1) is 12.8 Å². The van der Waals surface area contributed by atoms with Gasteiger partial charge in [0.1, 0.15) is 18.7 Å². The molecule has 0 spiro atoms. The summed E-state index contributed by atoms with van der Waals surface area (Å²) in [5, 5.41) is 6.77. The first kappa shape index (κ1) is 17.3. The Morgan fingerprint density at radius 3 is 2.46 bits per heavy atom. The molecule has 0 bridgehead atoms. The summed E-state index contributed by atoms with van der Waals surface area (Å²) in [7, 11) is 1.30. The third-order valence-electron chi connectivity index (χ3n) is 3.89. The first-order valence-electron chi connectivity index (χ1n) is 8.05. The van der Waals surface area contributed by atoms with Crippen LogP contribution in [-0.2, 0) is 16.0 Å². The second-order valence-corrected chi connectivity index (χ2v) is 5.63. The summed E-state index contributed by atoms with van der Waals surface area (Å²) in [6, 6.07) is 15.6. The Morgan fingerprint density at radius 1 is 1.12 bits per heavy atom. The second kappa shape index (κ2) is 8.06. The van der Waals surface area contributed by atoms with Crippen molar-refractivity contribution < 1.29 is 14.3 Å². The number of esters is 1. The van der Waals surface area contributed by atoms with Crippen molar-refractivity contribution in [1.29, 1.82) is 0 Å². The number of carbonyl (C=O) groups is 2. The van der Waals surface area contributed by atoms with Crippen LogP contribution in [0.25, 0.3) is 5.69 Å². The minimum Gasteiger partial charge on any atom is -0.467 e. The zero-order valence-electron chi connectivity index (χ0n) is 14.2. The van der Waals surface area contributed by atoms with Crippen LogP contribution < -0.4 is 5.32 Å². The Labute approximate surface area is 150 Å². The molecule has 0 aliphatic carbocycles. The van der Waals surface area contributed by atoms with E-state index in [4.69, 9.17) is 4.74 Å². The molecule has 26 heavy (non-hydrogen) atoms. The van der Waals surface area contributed by atoms with E-state index >= 15 is 0 Å². The Morgan fingerprint density at radius 2 is 1.85 bits per heavy atom. The number of aromatic nitrogens is 3.